The summed E-state index contributed by atoms with van der Waals surface area (Å²) >= 11 is 5.82. The van der Waals surface area contributed by atoms with Gasteiger partial charge >= 0.3 is 0 Å². The molecule has 18 heavy (non-hydrogen) atoms. The Morgan fingerprint density at radius 3 is 2.78 bits per heavy atom. The highest BCUT2D eigenvalue weighted by atomic mass is 35.5. The zero-order valence-corrected chi connectivity index (χ0v) is 10.9. The first-order valence-electron chi connectivity index (χ1n) is 5.64. The Morgan fingerprint density at radius 1 is 1.22 bits per heavy atom. The molecule has 0 atom stereocenters. The molecule has 0 unspecified atom stereocenters. The molecule has 0 aliphatic heterocycles. The zero-order chi connectivity index (χ0) is 12.8. The number of ether oxygens (including phenoxy) is 2. The highest BCUT2D eigenvalue weighted by Crippen LogP contribution is 2.22. The van der Waals surface area contributed by atoms with Crippen LogP contribution in [0.25, 0.3) is 0 Å². The summed E-state index contributed by atoms with van der Waals surface area (Å²) in [5.41, 5.74) is 2.02. The van der Waals surface area contributed by atoms with Gasteiger partial charge in [0, 0.05) is 11.6 Å². The molecular formula is C15H14ClO2. The van der Waals surface area contributed by atoms with E-state index in [0.717, 1.165) is 22.6 Å². The largest absolute Gasteiger partial charge is 0.496 e. The van der Waals surface area contributed by atoms with Crippen LogP contribution in [0.15, 0.2) is 42.5 Å². The summed E-state index contributed by atoms with van der Waals surface area (Å²) in [6, 6.07) is 16.4. The molecule has 0 aliphatic carbocycles. The molecule has 0 saturated heterocycles. The molecule has 2 rings (SSSR count). The lowest BCUT2D eigenvalue weighted by atomic mass is 10.1. The smallest absolute Gasteiger partial charge is 0.127 e. The maximum absolute atomic E-state index is 5.82. The van der Waals surface area contributed by atoms with Crippen LogP contribution in [0.3, 0.4) is 0 Å². The molecule has 3 heteroatoms. The summed E-state index contributed by atoms with van der Waals surface area (Å²) in [5.74, 6) is 1.97. The Morgan fingerprint density at radius 2 is 2.11 bits per heavy atom. The molecule has 2 nitrogen and oxygen atoms in total. The lowest BCUT2D eigenvalue weighted by Gasteiger charge is -2.10. The number of hydrogen-bond acceptors (Lipinski definition) is 2. The summed E-state index contributed by atoms with van der Waals surface area (Å²) in [7, 11) is 1.64. The predicted molar refractivity (Wildman–Crippen MR) is 72.2 cm³/mol. The lowest BCUT2D eigenvalue weighted by molar-refractivity contribution is 0.304. The fourth-order valence-corrected chi connectivity index (χ4v) is 1.84. The van der Waals surface area contributed by atoms with Crippen LogP contribution in [-0.4, -0.2) is 7.11 Å². The van der Waals surface area contributed by atoms with Gasteiger partial charge in [-0.1, -0.05) is 30.3 Å². The first kappa shape index (κ1) is 12.8. The van der Waals surface area contributed by atoms with E-state index in [-0.39, 0.29) is 0 Å². The third kappa shape index (κ3) is 3.17. The molecule has 0 spiro atoms. The van der Waals surface area contributed by atoms with Crippen LogP contribution in [-0.2, 0) is 12.5 Å². The fraction of sp³-hybridized carbons (Fsp3) is 0.200. The second-order valence-electron chi connectivity index (χ2n) is 3.80. The standard InChI is InChI=1S/C15H14ClO2/c1-17-15-9-12(7-8-13(15)10-16)11-18-14-5-3-2-4-6-14/h2-5,7-9H,10-11H2,1H3. The van der Waals surface area contributed by atoms with E-state index in [0.29, 0.717) is 12.5 Å². The lowest BCUT2D eigenvalue weighted by Crippen LogP contribution is -1.97. The Kier molecular flexibility index (Phi) is 4.48. The van der Waals surface area contributed by atoms with E-state index in [2.05, 4.69) is 6.07 Å². The van der Waals surface area contributed by atoms with Gasteiger partial charge in [-0.25, -0.2) is 0 Å². The number of benzene rings is 2. The summed E-state index contributed by atoms with van der Waals surface area (Å²) < 4.78 is 10.9. The third-order valence-electron chi connectivity index (χ3n) is 2.57. The molecule has 0 fully saturated rings. The zero-order valence-electron chi connectivity index (χ0n) is 10.2. The molecule has 0 amide bonds. The summed E-state index contributed by atoms with van der Waals surface area (Å²) in [6.45, 7) is 0.486. The van der Waals surface area contributed by atoms with Crippen molar-refractivity contribution in [2.24, 2.45) is 0 Å². The van der Waals surface area contributed by atoms with Gasteiger partial charge in [0.15, 0.2) is 0 Å². The van der Waals surface area contributed by atoms with E-state index in [1.165, 1.54) is 0 Å². The molecule has 93 valence electrons. The van der Waals surface area contributed by atoms with Crippen LogP contribution < -0.4 is 9.47 Å². The topological polar surface area (TPSA) is 18.5 Å². The molecule has 0 aliphatic rings. The second kappa shape index (κ2) is 6.31. The minimum absolute atomic E-state index is 0.441. The summed E-state index contributed by atoms with van der Waals surface area (Å²) in [6.07, 6.45) is 0. The first-order valence-corrected chi connectivity index (χ1v) is 6.18. The van der Waals surface area contributed by atoms with Crippen molar-refractivity contribution in [1.29, 1.82) is 0 Å². The normalized spacial score (nSPS) is 10.1. The van der Waals surface area contributed by atoms with E-state index in [1.54, 1.807) is 7.11 Å². The minimum atomic E-state index is 0.441. The first-order chi connectivity index (χ1) is 8.83. The molecule has 2 aromatic rings. The Labute approximate surface area is 112 Å². The minimum Gasteiger partial charge on any atom is -0.496 e. The molecule has 0 N–H and O–H groups in total. The SMILES string of the molecule is COc1cc(COc2[c]cccc2)ccc1CCl. The monoisotopic (exact) mass is 261 g/mol. The highest BCUT2D eigenvalue weighted by molar-refractivity contribution is 6.17. The van der Waals surface area contributed by atoms with Crippen molar-refractivity contribution in [3.05, 3.63) is 59.7 Å². The van der Waals surface area contributed by atoms with Gasteiger partial charge in [0.25, 0.3) is 0 Å². The van der Waals surface area contributed by atoms with Crippen LogP contribution in [0, 0.1) is 6.07 Å². The van der Waals surface area contributed by atoms with E-state index >= 15 is 0 Å². The predicted octanol–water partition coefficient (Wildman–Crippen LogP) is 3.81. The van der Waals surface area contributed by atoms with Gasteiger partial charge in [-0.05, 0) is 17.7 Å². The maximum Gasteiger partial charge on any atom is 0.127 e. The van der Waals surface area contributed by atoms with E-state index in [9.17, 15) is 0 Å². The van der Waals surface area contributed by atoms with E-state index in [4.69, 9.17) is 21.1 Å². The number of methoxy groups -OCH3 is 1. The van der Waals surface area contributed by atoms with Gasteiger partial charge < -0.3 is 9.47 Å². The van der Waals surface area contributed by atoms with Gasteiger partial charge in [-0.3, -0.25) is 0 Å². The highest BCUT2D eigenvalue weighted by Gasteiger charge is 2.04. The van der Waals surface area contributed by atoms with Crippen molar-refractivity contribution in [3.63, 3.8) is 0 Å². The number of hydrogen-bond donors (Lipinski definition) is 0. The Balaban J connectivity index is 2.06. The molecule has 0 saturated carbocycles. The average Bonchev–Trinajstić information content (AvgIpc) is 2.45. The molecule has 1 radical (unpaired) electrons. The number of rotatable bonds is 5. The average molecular weight is 262 g/mol. The van der Waals surface area contributed by atoms with E-state index < -0.39 is 0 Å². The fourth-order valence-electron chi connectivity index (χ4n) is 1.62. The Hall–Kier alpha value is -1.67. The van der Waals surface area contributed by atoms with Crippen molar-refractivity contribution in [2.45, 2.75) is 12.5 Å². The van der Waals surface area contributed by atoms with Crippen molar-refractivity contribution < 1.29 is 9.47 Å². The van der Waals surface area contributed by atoms with Crippen molar-refractivity contribution in [2.75, 3.05) is 7.11 Å². The molecular weight excluding hydrogens is 248 g/mol. The molecule has 2 aromatic carbocycles. The van der Waals surface area contributed by atoms with Crippen LogP contribution in [0.2, 0.25) is 0 Å². The van der Waals surface area contributed by atoms with Gasteiger partial charge in [-0.2, -0.15) is 0 Å². The van der Waals surface area contributed by atoms with Gasteiger partial charge in [-0.15, -0.1) is 11.6 Å². The van der Waals surface area contributed by atoms with Crippen LogP contribution in [0.1, 0.15) is 11.1 Å². The third-order valence-corrected chi connectivity index (χ3v) is 2.86. The van der Waals surface area contributed by atoms with Gasteiger partial charge in [0.2, 0.25) is 0 Å². The molecule has 0 aromatic heterocycles. The van der Waals surface area contributed by atoms with Crippen LogP contribution >= 0.6 is 11.6 Å². The van der Waals surface area contributed by atoms with Crippen molar-refractivity contribution in [1.82, 2.24) is 0 Å². The van der Waals surface area contributed by atoms with Crippen molar-refractivity contribution in [3.8, 4) is 11.5 Å². The number of para-hydroxylation sites is 1. The Bertz CT molecular complexity index is 497. The maximum atomic E-state index is 5.82. The quantitative estimate of drug-likeness (QED) is 0.762. The summed E-state index contributed by atoms with van der Waals surface area (Å²) in [4.78, 5) is 0. The molecule has 0 heterocycles. The number of alkyl halides is 1. The van der Waals surface area contributed by atoms with Crippen LogP contribution in [0.4, 0.5) is 0 Å². The van der Waals surface area contributed by atoms with Crippen molar-refractivity contribution >= 4 is 11.6 Å². The van der Waals surface area contributed by atoms with Gasteiger partial charge in [0.05, 0.1) is 13.0 Å². The van der Waals surface area contributed by atoms with Gasteiger partial charge in [0.1, 0.15) is 18.1 Å². The second-order valence-corrected chi connectivity index (χ2v) is 4.06. The van der Waals surface area contributed by atoms with Crippen LogP contribution in [0.5, 0.6) is 11.5 Å². The van der Waals surface area contributed by atoms with E-state index in [1.807, 2.05) is 42.5 Å². The number of halogens is 1. The summed E-state index contributed by atoms with van der Waals surface area (Å²) in [5, 5.41) is 0. The molecule has 0 bridgehead atoms.